The monoisotopic (exact) mass is 432 g/mol. The first kappa shape index (κ1) is 21.4. The molecule has 2 amide bonds. The van der Waals surface area contributed by atoms with Crippen LogP contribution in [-0.2, 0) is 11.2 Å². The second kappa shape index (κ2) is 7.71. The number of aromatic nitrogens is 2. The molecule has 9 heteroatoms. The molecule has 2 aliphatic rings. The van der Waals surface area contributed by atoms with E-state index in [-0.39, 0.29) is 30.5 Å². The van der Waals surface area contributed by atoms with Gasteiger partial charge in [-0.2, -0.15) is 5.10 Å². The van der Waals surface area contributed by atoms with E-state index in [9.17, 15) is 18.4 Å². The van der Waals surface area contributed by atoms with Crippen molar-refractivity contribution < 1.29 is 23.5 Å². The number of carbonyl (C=O) groups is 2. The minimum atomic E-state index is -0.856. The Morgan fingerprint density at radius 2 is 2.06 bits per heavy atom. The van der Waals surface area contributed by atoms with E-state index in [1.807, 2.05) is 20.8 Å². The van der Waals surface area contributed by atoms with Crippen molar-refractivity contribution in [3.05, 3.63) is 46.8 Å². The van der Waals surface area contributed by atoms with Gasteiger partial charge in [-0.05, 0) is 36.3 Å². The lowest BCUT2D eigenvalue weighted by Gasteiger charge is -2.30. The molecule has 0 bridgehead atoms. The summed E-state index contributed by atoms with van der Waals surface area (Å²) in [5, 5.41) is 18.7. The zero-order chi connectivity index (χ0) is 22.5. The molecule has 0 aliphatic heterocycles. The lowest BCUT2D eigenvalue weighted by Crippen LogP contribution is -2.54. The van der Waals surface area contributed by atoms with Gasteiger partial charge in [0.1, 0.15) is 17.5 Å². The lowest BCUT2D eigenvalue weighted by molar-refractivity contribution is -0.125. The first-order chi connectivity index (χ1) is 14.6. The summed E-state index contributed by atoms with van der Waals surface area (Å²) in [6, 6.07) is 2.41. The van der Waals surface area contributed by atoms with Gasteiger partial charge in [0.15, 0.2) is 11.5 Å². The van der Waals surface area contributed by atoms with Crippen molar-refractivity contribution >= 4 is 11.8 Å². The predicted octanol–water partition coefficient (Wildman–Crippen LogP) is 2.06. The van der Waals surface area contributed by atoms with Gasteiger partial charge in [-0.15, -0.1) is 0 Å². The molecule has 1 saturated carbocycles. The van der Waals surface area contributed by atoms with Crippen LogP contribution in [0.25, 0.3) is 5.69 Å². The van der Waals surface area contributed by atoms with Crippen molar-refractivity contribution in [3.63, 3.8) is 0 Å². The third-order valence-electron chi connectivity index (χ3n) is 5.93. The SMILES string of the molecule is CC(C)(C)C(NC(=O)c1nn(-c2ccc(F)cc2F)c2c1C[C@H]1C[C@@H]21)C(=O)NCCO. The molecule has 1 aromatic carbocycles. The fraction of sp³-hybridized carbons (Fsp3) is 0.500. The molecule has 166 valence electrons. The van der Waals surface area contributed by atoms with E-state index >= 15 is 0 Å². The smallest absolute Gasteiger partial charge is 0.272 e. The van der Waals surface area contributed by atoms with Gasteiger partial charge < -0.3 is 15.7 Å². The summed E-state index contributed by atoms with van der Waals surface area (Å²) in [7, 11) is 0. The highest BCUT2D eigenvalue weighted by molar-refractivity contribution is 5.98. The second-order valence-electron chi connectivity index (χ2n) is 9.31. The van der Waals surface area contributed by atoms with E-state index in [0.717, 1.165) is 29.8 Å². The molecule has 2 aromatic rings. The molecule has 4 rings (SSSR count). The molecular weight excluding hydrogens is 406 g/mol. The van der Waals surface area contributed by atoms with E-state index in [4.69, 9.17) is 5.11 Å². The zero-order valence-corrected chi connectivity index (χ0v) is 17.7. The minimum absolute atomic E-state index is 0.0819. The molecule has 31 heavy (non-hydrogen) atoms. The average molecular weight is 432 g/mol. The fourth-order valence-corrected chi connectivity index (χ4v) is 4.29. The van der Waals surface area contributed by atoms with Crippen molar-refractivity contribution in [2.24, 2.45) is 11.3 Å². The van der Waals surface area contributed by atoms with E-state index in [1.165, 1.54) is 10.7 Å². The normalized spacial score (nSPS) is 20.1. The summed E-state index contributed by atoms with van der Waals surface area (Å²) in [5.74, 6) is -1.75. The van der Waals surface area contributed by atoms with Crippen LogP contribution in [0.15, 0.2) is 18.2 Å². The quantitative estimate of drug-likeness (QED) is 0.651. The maximum absolute atomic E-state index is 14.5. The highest BCUT2D eigenvalue weighted by Crippen LogP contribution is 2.57. The molecule has 7 nitrogen and oxygen atoms in total. The van der Waals surface area contributed by atoms with Gasteiger partial charge in [0.05, 0.1) is 12.3 Å². The van der Waals surface area contributed by atoms with Crippen molar-refractivity contribution in [1.29, 1.82) is 0 Å². The summed E-state index contributed by atoms with van der Waals surface area (Å²) in [6.07, 6.45) is 1.62. The number of hydrogen-bond donors (Lipinski definition) is 3. The highest BCUT2D eigenvalue weighted by atomic mass is 19.1. The molecule has 3 atom stereocenters. The van der Waals surface area contributed by atoms with Gasteiger partial charge >= 0.3 is 0 Å². The topological polar surface area (TPSA) is 96.2 Å². The zero-order valence-electron chi connectivity index (χ0n) is 17.7. The number of hydrogen-bond acceptors (Lipinski definition) is 4. The van der Waals surface area contributed by atoms with E-state index in [0.29, 0.717) is 12.3 Å². The number of carbonyl (C=O) groups excluding carboxylic acids is 2. The number of aliphatic hydroxyl groups excluding tert-OH is 1. The molecule has 1 unspecified atom stereocenters. The molecule has 1 heterocycles. The van der Waals surface area contributed by atoms with Crippen LogP contribution in [0.4, 0.5) is 8.78 Å². The predicted molar refractivity (Wildman–Crippen MR) is 109 cm³/mol. The number of halogens is 2. The number of amides is 2. The first-order valence-electron chi connectivity index (χ1n) is 10.4. The van der Waals surface area contributed by atoms with Crippen molar-refractivity contribution in [1.82, 2.24) is 20.4 Å². The largest absolute Gasteiger partial charge is 0.395 e. The summed E-state index contributed by atoms with van der Waals surface area (Å²) in [6.45, 7) is 5.34. The average Bonchev–Trinajstić information content (AvgIpc) is 3.19. The molecule has 2 aliphatic carbocycles. The van der Waals surface area contributed by atoms with E-state index in [1.54, 1.807) is 0 Å². The molecule has 0 saturated heterocycles. The second-order valence-corrected chi connectivity index (χ2v) is 9.31. The van der Waals surface area contributed by atoms with Crippen LogP contribution in [-0.4, -0.2) is 45.9 Å². The Labute approximate surface area is 178 Å². The van der Waals surface area contributed by atoms with Crippen LogP contribution < -0.4 is 10.6 Å². The summed E-state index contributed by atoms with van der Waals surface area (Å²) in [5.41, 5.74) is 1.21. The highest BCUT2D eigenvalue weighted by Gasteiger charge is 2.50. The Morgan fingerprint density at radius 1 is 1.32 bits per heavy atom. The van der Waals surface area contributed by atoms with Crippen LogP contribution in [0.1, 0.15) is 54.9 Å². The van der Waals surface area contributed by atoms with Gasteiger partial charge in [-0.1, -0.05) is 20.8 Å². The maximum atomic E-state index is 14.5. The summed E-state index contributed by atoms with van der Waals surface area (Å²) in [4.78, 5) is 25.7. The van der Waals surface area contributed by atoms with Crippen LogP contribution in [0.2, 0.25) is 0 Å². The van der Waals surface area contributed by atoms with Crippen molar-refractivity contribution in [2.75, 3.05) is 13.2 Å². The number of benzene rings is 1. The van der Waals surface area contributed by atoms with Crippen LogP contribution in [0.5, 0.6) is 0 Å². The summed E-state index contributed by atoms with van der Waals surface area (Å²) >= 11 is 0. The Morgan fingerprint density at radius 3 is 2.71 bits per heavy atom. The maximum Gasteiger partial charge on any atom is 0.272 e. The van der Waals surface area contributed by atoms with E-state index < -0.39 is 34.9 Å². The number of fused-ring (bicyclic) bond motifs is 3. The Kier molecular flexibility index (Phi) is 5.33. The minimum Gasteiger partial charge on any atom is -0.395 e. The van der Waals surface area contributed by atoms with Gasteiger partial charge in [0.25, 0.3) is 5.91 Å². The molecule has 0 radical (unpaired) electrons. The van der Waals surface area contributed by atoms with Crippen molar-refractivity contribution in [2.45, 2.75) is 45.6 Å². The van der Waals surface area contributed by atoms with Crippen LogP contribution in [0, 0.1) is 23.0 Å². The van der Waals surface area contributed by atoms with Crippen LogP contribution in [0.3, 0.4) is 0 Å². The van der Waals surface area contributed by atoms with E-state index in [2.05, 4.69) is 15.7 Å². The number of nitrogens with one attached hydrogen (secondary N) is 2. The van der Waals surface area contributed by atoms with Crippen molar-refractivity contribution in [3.8, 4) is 5.69 Å². The first-order valence-corrected chi connectivity index (χ1v) is 10.4. The van der Waals surface area contributed by atoms with Gasteiger partial charge in [-0.3, -0.25) is 9.59 Å². The Balaban J connectivity index is 1.68. The lowest BCUT2D eigenvalue weighted by atomic mass is 9.86. The fourth-order valence-electron chi connectivity index (χ4n) is 4.29. The Bertz CT molecular complexity index is 1040. The molecule has 3 N–H and O–H groups in total. The van der Waals surface area contributed by atoms with Gasteiger partial charge in [0, 0.05) is 24.1 Å². The van der Waals surface area contributed by atoms with Gasteiger partial charge in [-0.25, -0.2) is 13.5 Å². The molecular formula is C22H26F2N4O3. The van der Waals surface area contributed by atoms with Gasteiger partial charge in [0.2, 0.25) is 5.91 Å². The number of rotatable bonds is 6. The number of nitrogens with zero attached hydrogens (tertiary/aromatic N) is 2. The van der Waals surface area contributed by atoms with Crippen LogP contribution >= 0.6 is 0 Å². The third-order valence-corrected chi connectivity index (χ3v) is 5.93. The number of aliphatic hydroxyl groups is 1. The molecule has 1 fully saturated rings. The molecule has 0 spiro atoms. The Hall–Kier alpha value is -2.81. The third kappa shape index (κ3) is 3.94. The summed E-state index contributed by atoms with van der Waals surface area (Å²) < 4.78 is 29.3. The molecule has 1 aromatic heterocycles. The standard InChI is InChI=1S/C22H26F2N4O3/c1-22(2,3)19(21(31)25-6-7-29)26-20(30)17-14-9-11-8-13(11)18(14)28(27-17)16-5-4-12(23)10-15(16)24/h4-5,10-11,13,19,29H,6-9H2,1-3H3,(H,25,31)(H,26,30)/t11-,13-,19?/m1/s1.